The van der Waals surface area contributed by atoms with E-state index in [4.69, 9.17) is 10.2 Å². The molecule has 0 atom stereocenters. The third kappa shape index (κ3) is 2.94. The molecular weight excluding hydrogens is 84.0 g/mol. The highest BCUT2D eigenvalue weighted by Crippen LogP contribution is 1.53. The van der Waals surface area contributed by atoms with Crippen molar-refractivity contribution in [2.24, 2.45) is 5.73 Å². The first kappa shape index (κ1) is 4.94. The van der Waals surface area contributed by atoms with Crippen molar-refractivity contribution < 1.29 is 9.53 Å². The molecule has 0 saturated carbocycles. The molecule has 6 heavy (non-hydrogen) atoms. The average Bonchev–Trinajstić information content (AvgIpc) is 1.35. The summed E-state index contributed by atoms with van der Waals surface area (Å²) < 4.78 is 3.60. The van der Waals surface area contributed by atoms with Crippen LogP contribution in [0.15, 0.2) is 0 Å². The maximum absolute atomic E-state index is 9.05. The molecule has 0 aliphatic heterocycles. The van der Waals surface area contributed by atoms with Crippen molar-refractivity contribution in [3.8, 4) is 0 Å². The van der Waals surface area contributed by atoms with E-state index in [9.17, 15) is 0 Å². The Labute approximate surface area is 34.4 Å². The summed E-state index contributed by atoms with van der Waals surface area (Å²) in [6.07, 6.45) is 0. The summed E-state index contributed by atoms with van der Waals surface area (Å²) in [6.45, 7) is 0.968. The van der Waals surface area contributed by atoms with Crippen LogP contribution in [-0.2, 0) is 9.53 Å². The lowest BCUT2D eigenvalue weighted by Gasteiger charge is -1.81. The molecule has 4 heteroatoms. The Hall–Kier alpha value is -1.06. The SMILES string of the molecule is N=C(N)O[C]=O. The van der Waals surface area contributed by atoms with Gasteiger partial charge in [-0.15, -0.1) is 0 Å². The second-order valence-electron chi connectivity index (χ2n) is 0.550. The molecule has 1 radical (unpaired) electrons. The van der Waals surface area contributed by atoms with Gasteiger partial charge in [-0.3, -0.25) is 5.41 Å². The zero-order valence-electron chi connectivity index (χ0n) is 2.89. The molecule has 3 N–H and O–H groups in total. The standard InChI is InChI=1S/C2H3N2O2/c3-2(4)6-1-5/h(H3,3,4). The van der Waals surface area contributed by atoms with Gasteiger partial charge in [0.15, 0.2) is 0 Å². The van der Waals surface area contributed by atoms with Crippen molar-refractivity contribution >= 4 is 12.5 Å². The summed E-state index contributed by atoms with van der Waals surface area (Å²) in [4.78, 5) is 9.05. The van der Waals surface area contributed by atoms with Crippen LogP contribution < -0.4 is 5.73 Å². The summed E-state index contributed by atoms with van der Waals surface area (Å²) in [5.41, 5.74) is 4.50. The lowest BCUT2D eigenvalue weighted by atomic mass is 11.2. The molecule has 0 aliphatic rings. The lowest BCUT2D eigenvalue weighted by Crippen LogP contribution is -2.12. The Morgan fingerprint density at radius 1 is 2.00 bits per heavy atom. The minimum Gasteiger partial charge on any atom is -0.385 e. The van der Waals surface area contributed by atoms with Crippen LogP contribution in [0.5, 0.6) is 0 Å². The van der Waals surface area contributed by atoms with Crippen LogP contribution in [-0.4, -0.2) is 12.5 Å². The average molecular weight is 87.1 g/mol. The molecule has 0 aliphatic carbocycles. The highest BCUT2D eigenvalue weighted by atomic mass is 16.5. The first-order valence-electron chi connectivity index (χ1n) is 1.15. The Kier molecular flexibility index (Phi) is 1.81. The minimum absolute atomic E-state index is 0.634. The smallest absolute Gasteiger partial charge is 0.385 e. The summed E-state index contributed by atoms with van der Waals surface area (Å²) in [6, 6.07) is -0.634. The van der Waals surface area contributed by atoms with Crippen LogP contribution in [0.3, 0.4) is 0 Å². The van der Waals surface area contributed by atoms with Crippen LogP contribution in [0.1, 0.15) is 0 Å². The van der Waals surface area contributed by atoms with Crippen molar-refractivity contribution in [2.75, 3.05) is 0 Å². The number of hydrogen-bond acceptors (Lipinski definition) is 3. The summed E-state index contributed by atoms with van der Waals surface area (Å²) in [7, 11) is 0. The lowest BCUT2D eigenvalue weighted by molar-refractivity contribution is 0.431. The molecular formula is C2H3N2O2. The maximum atomic E-state index is 9.05. The van der Waals surface area contributed by atoms with Gasteiger partial charge in [0.1, 0.15) is 0 Å². The van der Waals surface area contributed by atoms with E-state index in [1.165, 1.54) is 0 Å². The monoisotopic (exact) mass is 87.0 g/mol. The highest BCUT2D eigenvalue weighted by Gasteiger charge is 1.79. The third-order valence-corrected chi connectivity index (χ3v) is 0.152. The summed E-state index contributed by atoms with van der Waals surface area (Å²) in [5.74, 6) is 0. The summed E-state index contributed by atoms with van der Waals surface area (Å²) in [5, 5.41) is 6.19. The molecule has 0 heterocycles. The van der Waals surface area contributed by atoms with E-state index in [0.29, 0.717) is 0 Å². The summed E-state index contributed by atoms with van der Waals surface area (Å²) >= 11 is 0. The molecule has 0 saturated heterocycles. The predicted molar refractivity (Wildman–Crippen MR) is 18.7 cm³/mol. The van der Waals surface area contributed by atoms with Crippen molar-refractivity contribution in [3.63, 3.8) is 0 Å². The van der Waals surface area contributed by atoms with Crippen LogP contribution in [0.25, 0.3) is 0 Å². The van der Waals surface area contributed by atoms with Crippen LogP contribution in [0.2, 0.25) is 0 Å². The van der Waals surface area contributed by atoms with E-state index in [2.05, 4.69) is 10.5 Å². The zero-order chi connectivity index (χ0) is 4.99. The first-order chi connectivity index (χ1) is 2.77. The quantitative estimate of drug-likeness (QED) is 0.317. The number of hydrogen-bond donors (Lipinski definition) is 2. The van der Waals surface area contributed by atoms with E-state index in [1.807, 2.05) is 0 Å². The van der Waals surface area contributed by atoms with Crippen LogP contribution >= 0.6 is 0 Å². The molecule has 33 valence electrons. The second kappa shape index (κ2) is 2.19. The Morgan fingerprint density at radius 2 is 2.50 bits per heavy atom. The fourth-order valence-electron chi connectivity index (χ4n) is 0.0449. The Morgan fingerprint density at radius 3 is 2.50 bits per heavy atom. The number of ether oxygens (including phenoxy) is 1. The first-order valence-corrected chi connectivity index (χ1v) is 1.15. The van der Waals surface area contributed by atoms with Gasteiger partial charge in [0.25, 0.3) is 6.02 Å². The Balaban J connectivity index is 3.05. The molecule has 0 unspecified atom stereocenters. The van der Waals surface area contributed by atoms with Gasteiger partial charge in [0.2, 0.25) is 0 Å². The van der Waals surface area contributed by atoms with Gasteiger partial charge in [-0.05, 0) is 0 Å². The predicted octanol–water partition coefficient (Wildman–Crippen LogP) is -1.04. The molecule has 0 rings (SSSR count). The topological polar surface area (TPSA) is 76.2 Å². The fourth-order valence-corrected chi connectivity index (χ4v) is 0.0449. The number of nitrogens with one attached hydrogen (secondary N) is 1. The number of rotatable bonds is 1. The largest absolute Gasteiger partial charge is 0.425 e. The number of nitrogens with two attached hydrogens (primary N) is 1. The third-order valence-electron chi connectivity index (χ3n) is 0.152. The highest BCUT2D eigenvalue weighted by molar-refractivity contribution is 5.74. The van der Waals surface area contributed by atoms with Gasteiger partial charge in [0.05, 0.1) is 0 Å². The fraction of sp³-hybridized carbons (Fsp3) is 0. The number of carbonyl (C=O) groups excluding carboxylic acids is 1. The molecule has 0 fully saturated rings. The minimum atomic E-state index is -0.634. The van der Waals surface area contributed by atoms with Gasteiger partial charge in [-0.2, -0.15) is 0 Å². The van der Waals surface area contributed by atoms with E-state index in [-0.39, 0.29) is 0 Å². The van der Waals surface area contributed by atoms with Crippen molar-refractivity contribution in [1.29, 1.82) is 5.41 Å². The number of amidine groups is 1. The van der Waals surface area contributed by atoms with E-state index < -0.39 is 6.02 Å². The van der Waals surface area contributed by atoms with Crippen molar-refractivity contribution in [3.05, 3.63) is 0 Å². The molecule has 0 bridgehead atoms. The van der Waals surface area contributed by atoms with E-state index in [1.54, 1.807) is 0 Å². The van der Waals surface area contributed by atoms with Gasteiger partial charge >= 0.3 is 6.47 Å². The molecule has 0 amide bonds. The molecule has 4 nitrogen and oxygen atoms in total. The molecule has 0 aromatic heterocycles. The van der Waals surface area contributed by atoms with Gasteiger partial charge in [-0.1, -0.05) is 0 Å². The van der Waals surface area contributed by atoms with Gasteiger partial charge < -0.3 is 10.5 Å². The maximum Gasteiger partial charge on any atom is 0.425 e. The van der Waals surface area contributed by atoms with Crippen LogP contribution in [0.4, 0.5) is 0 Å². The Bertz CT molecular complexity index is 69.9. The van der Waals surface area contributed by atoms with E-state index >= 15 is 0 Å². The second-order valence-corrected chi connectivity index (χ2v) is 0.550. The zero-order valence-corrected chi connectivity index (χ0v) is 2.89. The van der Waals surface area contributed by atoms with Crippen LogP contribution in [0, 0.1) is 5.41 Å². The molecule has 0 aromatic carbocycles. The molecule has 0 spiro atoms. The van der Waals surface area contributed by atoms with Crippen molar-refractivity contribution in [2.45, 2.75) is 0 Å². The van der Waals surface area contributed by atoms with Crippen molar-refractivity contribution in [1.82, 2.24) is 0 Å². The molecule has 0 aromatic rings. The normalized spacial score (nSPS) is 6.67. The van der Waals surface area contributed by atoms with Gasteiger partial charge in [0, 0.05) is 0 Å². The van der Waals surface area contributed by atoms with Gasteiger partial charge in [-0.25, -0.2) is 4.79 Å². The van der Waals surface area contributed by atoms with E-state index in [0.717, 1.165) is 6.47 Å².